The van der Waals surface area contributed by atoms with Crippen LogP contribution in [0.1, 0.15) is 24.8 Å². The van der Waals surface area contributed by atoms with E-state index < -0.39 is 0 Å². The van der Waals surface area contributed by atoms with Crippen molar-refractivity contribution >= 4 is 0 Å². The van der Waals surface area contributed by atoms with Crippen LogP contribution in [-0.2, 0) is 6.54 Å². The monoisotopic (exact) mass is 230 g/mol. The van der Waals surface area contributed by atoms with Crippen LogP contribution in [0.4, 0.5) is 0 Å². The maximum absolute atomic E-state index is 6.09. The molecular weight excluding hydrogens is 208 g/mol. The van der Waals surface area contributed by atoms with Gasteiger partial charge < -0.3 is 5.73 Å². The summed E-state index contributed by atoms with van der Waals surface area (Å²) < 4.78 is 0. The highest BCUT2D eigenvalue weighted by Gasteiger charge is 2.29. The van der Waals surface area contributed by atoms with E-state index in [1.165, 1.54) is 18.4 Å². The summed E-state index contributed by atoms with van der Waals surface area (Å²) in [6, 6.07) is 11.6. The second-order valence-corrected chi connectivity index (χ2v) is 4.93. The average molecular weight is 230 g/mol. The van der Waals surface area contributed by atoms with Crippen LogP contribution in [0.5, 0.6) is 0 Å². The number of rotatable bonds is 7. The first-order chi connectivity index (χ1) is 8.29. The Bertz CT molecular complexity index is 343. The molecule has 1 aliphatic rings. The third kappa shape index (κ3) is 3.99. The molecule has 0 spiro atoms. The quantitative estimate of drug-likeness (QED) is 0.729. The molecule has 0 aliphatic heterocycles. The largest absolute Gasteiger partial charge is 0.326 e. The van der Waals surface area contributed by atoms with E-state index in [-0.39, 0.29) is 6.04 Å². The minimum absolute atomic E-state index is 0.219. The van der Waals surface area contributed by atoms with E-state index in [1.54, 1.807) is 0 Å². The van der Waals surface area contributed by atoms with Gasteiger partial charge in [0.05, 0.1) is 0 Å². The number of hydrogen-bond acceptors (Lipinski definition) is 2. The van der Waals surface area contributed by atoms with Crippen molar-refractivity contribution in [1.82, 2.24) is 4.90 Å². The van der Waals surface area contributed by atoms with Crippen LogP contribution in [0, 0.1) is 0 Å². The Morgan fingerprint density at radius 3 is 2.65 bits per heavy atom. The molecule has 17 heavy (non-hydrogen) atoms. The van der Waals surface area contributed by atoms with Crippen molar-refractivity contribution in [3.63, 3.8) is 0 Å². The molecule has 0 bridgehead atoms. The number of nitrogens with zero attached hydrogens (tertiary/aromatic N) is 1. The van der Waals surface area contributed by atoms with Gasteiger partial charge in [-0.1, -0.05) is 36.4 Å². The Balaban J connectivity index is 1.91. The van der Waals surface area contributed by atoms with Gasteiger partial charge in [0.2, 0.25) is 0 Å². The molecule has 1 atom stereocenters. The first-order valence-electron chi connectivity index (χ1n) is 6.44. The summed E-state index contributed by atoms with van der Waals surface area (Å²) in [4.78, 5) is 2.52. The molecule has 1 aromatic rings. The Hall–Kier alpha value is -1.12. The maximum Gasteiger partial charge on any atom is 0.0237 e. The van der Waals surface area contributed by atoms with Gasteiger partial charge in [0.1, 0.15) is 0 Å². The summed E-state index contributed by atoms with van der Waals surface area (Å²) in [6.45, 7) is 5.76. The van der Waals surface area contributed by atoms with E-state index in [1.807, 2.05) is 6.08 Å². The van der Waals surface area contributed by atoms with E-state index in [0.717, 1.165) is 25.6 Å². The van der Waals surface area contributed by atoms with Gasteiger partial charge in [-0.25, -0.2) is 0 Å². The highest BCUT2D eigenvalue weighted by molar-refractivity contribution is 5.15. The SMILES string of the molecule is C=CCC(N)CN(Cc1ccccc1)C1CC1. The number of benzene rings is 1. The fourth-order valence-corrected chi connectivity index (χ4v) is 2.19. The van der Waals surface area contributed by atoms with Crippen LogP contribution in [0.2, 0.25) is 0 Å². The summed E-state index contributed by atoms with van der Waals surface area (Å²) >= 11 is 0. The van der Waals surface area contributed by atoms with Crippen molar-refractivity contribution in [1.29, 1.82) is 0 Å². The van der Waals surface area contributed by atoms with Crippen LogP contribution in [-0.4, -0.2) is 23.5 Å². The molecule has 0 aromatic heterocycles. The smallest absolute Gasteiger partial charge is 0.0237 e. The number of hydrogen-bond donors (Lipinski definition) is 1. The van der Waals surface area contributed by atoms with E-state index in [4.69, 9.17) is 5.73 Å². The van der Waals surface area contributed by atoms with Crippen LogP contribution in [0.25, 0.3) is 0 Å². The lowest BCUT2D eigenvalue weighted by Crippen LogP contribution is -2.38. The van der Waals surface area contributed by atoms with Gasteiger partial charge in [-0.05, 0) is 24.8 Å². The number of nitrogens with two attached hydrogens (primary N) is 1. The fourth-order valence-electron chi connectivity index (χ4n) is 2.19. The zero-order valence-corrected chi connectivity index (χ0v) is 10.4. The third-order valence-corrected chi connectivity index (χ3v) is 3.23. The van der Waals surface area contributed by atoms with Gasteiger partial charge in [-0.3, -0.25) is 4.90 Å². The summed E-state index contributed by atoms with van der Waals surface area (Å²) in [5.74, 6) is 0. The molecule has 0 radical (unpaired) electrons. The summed E-state index contributed by atoms with van der Waals surface area (Å²) in [7, 11) is 0. The Labute approximate surface area is 104 Å². The Kier molecular flexibility index (Phi) is 4.35. The van der Waals surface area contributed by atoms with Gasteiger partial charge in [-0.2, -0.15) is 0 Å². The molecule has 2 heteroatoms. The molecule has 0 saturated heterocycles. The standard InChI is InChI=1S/C15H22N2/c1-2-6-14(16)12-17(15-9-10-15)11-13-7-4-3-5-8-13/h2-5,7-8,14-15H,1,6,9-12,16H2. The van der Waals surface area contributed by atoms with Crippen LogP contribution < -0.4 is 5.73 Å². The maximum atomic E-state index is 6.09. The lowest BCUT2D eigenvalue weighted by Gasteiger charge is -2.25. The Morgan fingerprint density at radius 2 is 2.06 bits per heavy atom. The van der Waals surface area contributed by atoms with Gasteiger partial charge in [0.25, 0.3) is 0 Å². The minimum Gasteiger partial charge on any atom is -0.326 e. The van der Waals surface area contributed by atoms with Crippen molar-refractivity contribution in [2.45, 2.75) is 37.9 Å². The molecule has 0 heterocycles. The molecule has 1 fully saturated rings. The lowest BCUT2D eigenvalue weighted by atomic mass is 10.1. The first-order valence-corrected chi connectivity index (χ1v) is 6.44. The van der Waals surface area contributed by atoms with Crippen molar-refractivity contribution in [3.8, 4) is 0 Å². The van der Waals surface area contributed by atoms with E-state index in [0.29, 0.717) is 0 Å². The predicted octanol–water partition coefficient (Wildman–Crippen LogP) is 2.55. The molecule has 1 saturated carbocycles. The minimum atomic E-state index is 0.219. The highest BCUT2D eigenvalue weighted by Crippen LogP contribution is 2.28. The van der Waals surface area contributed by atoms with Crippen LogP contribution in [0.15, 0.2) is 43.0 Å². The molecule has 2 rings (SSSR count). The summed E-state index contributed by atoms with van der Waals surface area (Å²) in [6.07, 6.45) is 5.47. The fraction of sp³-hybridized carbons (Fsp3) is 0.467. The van der Waals surface area contributed by atoms with E-state index >= 15 is 0 Å². The normalized spacial score (nSPS) is 17.1. The van der Waals surface area contributed by atoms with Crippen molar-refractivity contribution in [2.75, 3.05) is 6.54 Å². The molecule has 92 valence electrons. The van der Waals surface area contributed by atoms with Gasteiger partial charge in [-0.15, -0.1) is 6.58 Å². The van der Waals surface area contributed by atoms with Crippen molar-refractivity contribution < 1.29 is 0 Å². The van der Waals surface area contributed by atoms with Gasteiger partial charge in [0, 0.05) is 25.2 Å². The second kappa shape index (κ2) is 5.99. The van der Waals surface area contributed by atoms with E-state index in [2.05, 4.69) is 41.8 Å². The zero-order chi connectivity index (χ0) is 12.1. The summed E-state index contributed by atoms with van der Waals surface area (Å²) in [5.41, 5.74) is 7.47. The predicted molar refractivity (Wildman–Crippen MR) is 72.7 cm³/mol. The molecule has 1 aliphatic carbocycles. The van der Waals surface area contributed by atoms with Crippen LogP contribution in [0.3, 0.4) is 0 Å². The third-order valence-electron chi connectivity index (χ3n) is 3.23. The van der Waals surface area contributed by atoms with Crippen LogP contribution >= 0.6 is 0 Å². The average Bonchev–Trinajstić information content (AvgIpc) is 3.14. The highest BCUT2D eigenvalue weighted by atomic mass is 15.2. The molecule has 2 N–H and O–H groups in total. The zero-order valence-electron chi connectivity index (χ0n) is 10.4. The van der Waals surface area contributed by atoms with E-state index in [9.17, 15) is 0 Å². The molecular formula is C15H22N2. The van der Waals surface area contributed by atoms with Crippen molar-refractivity contribution in [3.05, 3.63) is 48.6 Å². The topological polar surface area (TPSA) is 29.3 Å². The van der Waals surface area contributed by atoms with Gasteiger partial charge >= 0.3 is 0 Å². The van der Waals surface area contributed by atoms with Crippen molar-refractivity contribution in [2.24, 2.45) is 5.73 Å². The first kappa shape index (κ1) is 12.3. The molecule has 2 nitrogen and oxygen atoms in total. The molecule has 1 unspecified atom stereocenters. The lowest BCUT2D eigenvalue weighted by molar-refractivity contribution is 0.238. The molecule has 0 amide bonds. The Morgan fingerprint density at radius 1 is 1.35 bits per heavy atom. The van der Waals surface area contributed by atoms with Gasteiger partial charge in [0.15, 0.2) is 0 Å². The second-order valence-electron chi connectivity index (χ2n) is 4.93. The summed E-state index contributed by atoms with van der Waals surface area (Å²) in [5, 5.41) is 0. The molecule has 1 aromatic carbocycles.